The molecule has 0 radical (unpaired) electrons. The molecule has 0 fully saturated rings. The van der Waals surface area contributed by atoms with E-state index in [1.807, 2.05) is 0 Å². The number of rotatable bonds is 9. The number of alkyl halides is 3. The van der Waals surface area contributed by atoms with Gasteiger partial charge in [0.1, 0.15) is 11.3 Å². The van der Waals surface area contributed by atoms with Gasteiger partial charge in [-0.15, -0.1) is 0 Å². The molecule has 0 aliphatic rings. The third-order valence-corrected chi connectivity index (χ3v) is 6.89. The molecule has 15 heteroatoms. The number of aromatic nitrogens is 3. The minimum Gasteiger partial charge on any atom is -0.493 e. The van der Waals surface area contributed by atoms with Gasteiger partial charge in [0.15, 0.2) is 34.6 Å². The molecule has 0 saturated carbocycles. The second-order valence-corrected chi connectivity index (χ2v) is 9.87. The van der Waals surface area contributed by atoms with Crippen LogP contribution in [0.4, 0.5) is 27.6 Å². The summed E-state index contributed by atoms with van der Waals surface area (Å²) in [4.78, 5) is 34.5. The van der Waals surface area contributed by atoms with Gasteiger partial charge in [0.25, 0.3) is 11.5 Å². The fourth-order valence-corrected chi connectivity index (χ4v) is 4.70. The Balaban J connectivity index is 1.46. The maximum Gasteiger partial charge on any atom is 0.431 e. The molecule has 5 aromatic rings. The highest BCUT2D eigenvalue weighted by Crippen LogP contribution is 2.39. The van der Waals surface area contributed by atoms with Crippen molar-refractivity contribution in [2.45, 2.75) is 20.0 Å². The molecule has 0 spiro atoms. The van der Waals surface area contributed by atoms with Crippen molar-refractivity contribution in [2.75, 3.05) is 26.1 Å². The minimum atomic E-state index is -4.96. The van der Waals surface area contributed by atoms with Crippen molar-refractivity contribution < 1.29 is 45.7 Å². The number of nitrogens with one attached hydrogen (secondary N) is 1. The van der Waals surface area contributed by atoms with Gasteiger partial charge in [-0.25, -0.2) is 13.8 Å². The quantitative estimate of drug-likeness (QED) is 0.172. The lowest BCUT2D eigenvalue weighted by Crippen LogP contribution is -2.33. The Morgan fingerprint density at radius 1 is 0.915 bits per heavy atom. The number of hydrogen-bond donors (Lipinski definition) is 1. The zero-order valence-electron chi connectivity index (χ0n) is 25.2. The number of ether oxygens (including phenoxy) is 4. The number of pyridine rings is 3. The normalized spacial score (nSPS) is 11.3. The van der Waals surface area contributed by atoms with Crippen molar-refractivity contribution in [1.82, 2.24) is 14.5 Å². The molecule has 10 nitrogen and oxygen atoms in total. The number of halogens is 5. The van der Waals surface area contributed by atoms with Crippen LogP contribution in [0.25, 0.3) is 16.6 Å². The van der Waals surface area contributed by atoms with E-state index in [2.05, 4.69) is 15.3 Å². The van der Waals surface area contributed by atoms with Crippen molar-refractivity contribution in [3.63, 3.8) is 0 Å². The Morgan fingerprint density at radius 2 is 1.64 bits per heavy atom. The molecule has 0 saturated heterocycles. The first kappa shape index (κ1) is 32.7. The van der Waals surface area contributed by atoms with Crippen LogP contribution in [0.2, 0.25) is 0 Å². The van der Waals surface area contributed by atoms with Crippen LogP contribution in [0.5, 0.6) is 28.9 Å². The van der Waals surface area contributed by atoms with Gasteiger partial charge in [-0.3, -0.25) is 19.1 Å². The number of methoxy groups -OCH3 is 2. The fourth-order valence-electron chi connectivity index (χ4n) is 4.70. The van der Waals surface area contributed by atoms with E-state index in [1.54, 1.807) is 6.92 Å². The van der Waals surface area contributed by atoms with Crippen molar-refractivity contribution >= 4 is 22.5 Å². The molecule has 5 rings (SSSR count). The molecule has 47 heavy (non-hydrogen) atoms. The zero-order chi connectivity index (χ0) is 34.0. The number of hydrogen-bond acceptors (Lipinski definition) is 8. The van der Waals surface area contributed by atoms with E-state index in [0.717, 1.165) is 30.6 Å². The summed E-state index contributed by atoms with van der Waals surface area (Å²) in [5.41, 5.74) is -3.20. The number of carbonyl (C=O) groups excluding carboxylic acids is 1. The molecular weight excluding hydrogens is 631 g/mol. The van der Waals surface area contributed by atoms with Crippen molar-refractivity contribution in [3.8, 4) is 34.6 Å². The van der Waals surface area contributed by atoms with Gasteiger partial charge >= 0.3 is 6.18 Å². The van der Waals surface area contributed by atoms with Crippen LogP contribution in [0.1, 0.15) is 28.5 Å². The van der Waals surface area contributed by atoms with E-state index in [4.69, 9.17) is 18.9 Å². The van der Waals surface area contributed by atoms with Crippen LogP contribution in [0.3, 0.4) is 0 Å². The highest BCUT2D eigenvalue weighted by Gasteiger charge is 2.36. The van der Waals surface area contributed by atoms with Crippen LogP contribution < -0.4 is 29.8 Å². The number of anilines is 1. The van der Waals surface area contributed by atoms with Crippen LogP contribution in [0, 0.1) is 18.6 Å². The van der Waals surface area contributed by atoms with E-state index in [-0.39, 0.29) is 51.8 Å². The van der Waals surface area contributed by atoms with Crippen LogP contribution in [-0.2, 0) is 6.18 Å². The predicted octanol–water partition coefficient (Wildman–Crippen LogP) is 6.85. The summed E-state index contributed by atoms with van der Waals surface area (Å²) in [6.45, 7) is 3.41. The minimum absolute atomic E-state index is 0.138. The van der Waals surface area contributed by atoms with Crippen LogP contribution in [-0.4, -0.2) is 41.3 Å². The summed E-state index contributed by atoms with van der Waals surface area (Å²) in [5, 5.41) is 2.45. The summed E-state index contributed by atoms with van der Waals surface area (Å²) in [6, 6.07) is 8.69. The Hall–Kier alpha value is -5.73. The summed E-state index contributed by atoms with van der Waals surface area (Å²) in [6.07, 6.45) is -3.04. The Kier molecular flexibility index (Phi) is 8.99. The Bertz CT molecular complexity index is 2070. The molecule has 0 unspecified atom stereocenters. The Labute approximate surface area is 263 Å². The van der Waals surface area contributed by atoms with E-state index in [9.17, 15) is 27.2 Å². The highest BCUT2D eigenvalue weighted by molar-refractivity contribution is 6.04. The lowest BCUT2D eigenvalue weighted by molar-refractivity contribution is -0.142. The maximum absolute atomic E-state index is 15.2. The first-order valence-electron chi connectivity index (χ1n) is 13.8. The number of aryl methyl sites for hydroxylation is 1. The first-order valence-corrected chi connectivity index (χ1v) is 13.8. The van der Waals surface area contributed by atoms with E-state index in [1.165, 1.54) is 45.4 Å². The highest BCUT2D eigenvalue weighted by atomic mass is 19.4. The number of amides is 1. The summed E-state index contributed by atoms with van der Waals surface area (Å²) in [5.74, 6) is -3.15. The monoisotopic (exact) mass is 656 g/mol. The predicted molar refractivity (Wildman–Crippen MR) is 160 cm³/mol. The molecule has 3 aromatic heterocycles. The van der Waals surface area contributed by atoms with E-state index < -0.39 is 46.3 Å². The SMILES string of the molecule is CCOc1cc(C)c(-n2c(C(F)(F)F)ccc(C(=O)Nc3ccc(Oc4c(F)cnc5cc(OC)c(OC)cc45)c(F)c3)c2=O)cn1. The second kappa shape index (κ2) is 12.9. The number of fused-ring (bicyclic) bond motifs is 1. The topological polar surface area (TPSA) is 114 Å². The molecule has 244 valence electrons. The van der Waals surface area contributed by atoms with Gasteiger partial charge in [0, 0.05) is 29.3 Å². The van der Waals surface area contributed by atoms with Gasteiger partial charge in [0.05, 0.1) is 44.4 Å². The van der Waals surface area contributed by atoms with Gasteiger partial charge in [-0.2, -0.15) is 13.2 Å². The molecule has 0 aliphatic carbocycles. The van der Waals surface area contributed by atoms with E-state index >= 15 is 4.39 Å². The number of nitrogens with zero attached hydrogens (tertiary/aromatic N) is 3. The van der Waals surface area contributed by atoms with E-state index in [0.29, 0.717) is 16.4 Å². The standard InChI is InChI=1S/C32H25F5N4O6/c1-5-46-28-10-16(2)23(15-39-28)41-27(32(35,36)37)9-7-18(31(41)43)30(42)40-17-6-8-24(20(33)11-17)47-29-19-12-25(44-3)26(45-4)13-22(19)38-14-21(29)34/h6-15H,5H2,1-4H3,(H,40,42). The van der Waals surface area contributed by atoms with Gasteiger partial charge < -0.3 is 24.3 Å². The van der Waals surface area contributed by atoms with Crippen LogP contribution in [0.15, 0.2) is 65.7 Å². The zero-order valence-corrected chi connectivity index (χ0v) is 25.2. The Morgan fingerprint density at radius 3 is 2.28 bits per heavy atom. The second-order valence-electron chi connectivity index (χ2n) is 9.87. The lowest BCUT2D eigenvalue weighted by atomic mass is 10.1. The molecule has 3 heterocycles. The third-order valence-electron chi connectivity index (χ3n) is 6.89. The van der Waals surface area contributed by atoms with Crippen molar-refractivity contribution in [2.24, 2.45) is 0 Å². The molecule has 2 aromatic carbocycles. The maximum atomic E-state index is 15.2. The summed E-state index contributed by atoms with van der Waals surface area (Å²) < 4.78 is 93.5. The summed E-state index contributed by atoms with van der Waals surface area (Å²) in [7, 11) is 2.79. The number of carbonyl (C=O) groups is 1. The largest absolute Gasteiger partial charge is 0.493 e. The van der Waals surface area contributed by atoms with Crippen molar-refractivity contribution in [3.05, 3.63) is 99.7 Å². The molecule has 1 N–H and O–H groups in total. The van der Waals surface area contributed by atoms with Gasteiger partial charge in [-0.05, 0) is 49.7 Å². The van der Waals surface area contributed by atoms with Gasteiger partial charge in [-0.1, -0.05) is 0 Å². The van der Waals surface area contributed by atoms with Crippen molar-refractivity contribution in [1.29, 1.82) is 0 Å². The fraction of sp³-hybridized carbons (Fsp3) is 0.188. The average molecular weight is 657 g/mol. The third kappa shape index (κ3) is 6.50. The smallest absolute Gasteiger partial charge is 0.431 e. The molecule has 0 aliphatic heterocycles. The summed E-state index contributed by atoms with van der Waals surface area (Å²) >= 11 is 0. The molecule has 1 amide bonds. The first-order chi connectivity index (χ1) is 22.4. The van der Waals surface area contributed by atoms with Crippen LogP contribution >= 0.6 is 0 Å². The lowest BCUT2D eigenvalue weighted by Gasteiger charge is -2.18. The molecule has 0 atom stereocenters. The average Bonchev–Trinajstić information content (AvgIpc) is 3.02. The number of benzene rings is 2. The van der Waals surface area contributed by atoms with Gasteiger partial charge in [0.2, 0.25) is 5.88 Å². The molecule has 0 bridgehead atoms. The molecular formula is C32H25F5N4O6.